The maximum atomic E-state index is 13.4. The third-order valence-electron chi connectivity index (χ3n) is 5.18. The van der Waals surface area contributed by atoms with Crippen LogP contribution in [-0.4, -0.2) is 53.6 Å². The number of nitrogen functional groups attached to an aromatic ring is 1. The molecular formula is C21H28ClN7O3S. The van der Waals surface area contributed by atoms with Crippen molar-refractivity contribution in [3.63, 3.8) is 0 Å². The number of carbonyl (C=O) groups excluding carboxylic acids is 1. The van der Waals surface area contributed by atoms with Gasteiger partial charge in [-0.2, -0.15) is 4.98 Å². The Morgan fingerprint density at radius 3 is 2.48 bits per heavy atom. The number of hydrogen-bond donors (Lipinski definition) is 2. The summed E-state index contributed by atoms with van der Waals surface area (Å²) in [6.45, 7) is 4.34. The molecule has 178 valence electrons. The van der Waals surface area contributed by atoms with Crippen LogP contribution in [0.25, 0.3) is 11.2 Å². The standard InChI is InChI=1S/C21H28ClN7O3S/c1-4-6-11-27(3)20(30)29-16-17(23)25-19(33(24,32)12-5-2)26-18(16)28(21(29)31)13-14-7-9-15(22)10-8-14/h7-10,24H,4-6,11-13H2,1-3H3,(H2,23,25,26)/t33-/m0/s1. The van der Waals surface area contributed by atoms with Gasteiger partial charge < -0.3 is 10.6 Å². The molecule has 1 atom stereocenters. The third-order valence-corrected chi connectivity index (χ3v) is 7.19. The van der Waals surface area contributed by atoms with Crippen molar-refractivity contribution in [1.29, 1.82) is 4.78 Å². The summed E-state index contributed by atoms with van der Waals surface area (Å²) in [7, 11) is -1.70. The van der Waals surface area contributed by atoms with Gasteiger partial charge in [0.05, 0.1) is 6.54 Å². The first kappa shape index (κ1) is 24.7. The lowest BCUT2D eigenvalue weighted by Crippen LogP contribution is -2.38. The van der Waals surface area contributed by atoms with E-state index in [1.165, 1.54) is 9.47 Å². The van der Waals surface area contributed by atoms with Crippen molar-refractivity contribution in [3.8, 4) is 0 Å². The Hall–Kier alpha value is -2.92. The number of benzene rings is 1. The quantitative estimate of drug-likeness (QED) is 0.461. The van der Waals surface area contributed by atoms with E-state index >= 15 is 0 Å². The Kier molecular flexibility index (Phi) is 7.43. The SMILES string of the molecule is CCCCN(C)C(=O)n1c(=O)n(Cc2ccc(Cl)cc2)c2nc([S@@](=N)(=O)CCC)nc(N)c21. The molecule has 12 heteroatoms. The van der Waals surface area contributed by atoms with Gasteiger partial charge in [-0.15, -0.1) is 0 Å². The number of amides is 1. The van der Waals surface area contributed by atoms with Crippen LogP contribution in [0.5, 0.6) is 0 Å². The summed E-state index contributed by atoms with van der Waals surface area (Å²) < 4.78 is 23.3. The minimum atomic E-state index is -3.31. The first-order valence-electron chi connectivity index (χ1n) is 10.7. The molecule has 0 unspecified atom stereocenters. The van der Waals surface area contributed by atoms with Gasteiger partial charge in [0.1, 0.15) is 15.2 Å². The molecule has 0 radical (unpaired) electrons. The third kappa shape index (κ3) is 5.03. The summed E-state index contributed by atoms with van der Waals surface area (Å²) in [6, 6.07) is 6.33. The maximum absolute atomic E-state index is 13.4. The van der Waals surface area contributed by atoms with E-state index in [9.17, 15) is 13.8 Å². The molecule has 0 spiro atoms. The van der Waals surface area contributed by atoms with Crippen molar-refractivity contribution >= 4 is 44.3 Å². The number of hydrogen-bond acceptors (Lipinski definition) is 7. The molecule has 3 N–H and O–H groups in total. The highest BCUT2D eigenvalue weighted by atomic mass is 35.5. The average molecular weight is 494 g/mol. The largest absolute Gasteiger partial charge is 0.382 e. The van der Waals surface area contributed by atoms with Crippen LogP contribution in [0.4, 0.5) is 10.6 Å². The Labute approximate surface area is 197 Å². The summed E-state index contributed by atoms with van der Waals surface area (Å²) >= 11 is 5.97. The highest BCUT2D eigenvalue weighted by Gasteiger charge is 2.27. The number of rotatable bonds is 8. The molecule has 33 heavy (non-hydrogen) atoms. The molecule has 2 heterocycles. The topological polar surface area (TPSA) is 140 Å². The number of nitrogens with two attached hydrogens (primary N) is 1. The lowest BCUT2D eigenvalue weighted by atomic mass is 10.2. The van der Waals surface area contributed by atoms with Crippen LogP contribution < -0.4 is 11.4 Å². The summed E-state index contributed by atoms with van der Waals surface area (Å²) in [5.41, 5.74) is 6.37. The highest BCUT2D eigenvalue weighted by molar-refractivity contribution is 7.92. The smallest absolute Gasteiger partial charge is 0.339 e. The van der Waals surface area contributed by atoms with E-state index in [2.05, 4.69) is 9.97 Å². The lowest BCUT2D eigenvalue weighted by Gasteiger charge is -2.17. The second-order valence-electron chi connectivity index (χ2n) is 7.83. The summed E-state index contributed by atoms with van der Waals surface area (Å²) in [5.74, 6) is -0.117. The van der Waals surface area contributed by atoms with Gasteiger partial charge in [-0.05, 0) is 30.5 Å². The van der Waals surface area contributed by atoms with Crippen molar-refractivity contribution in [2.75, 3.05) is 25.1 Å². The molecule has 3 rings (SSSR count). The molecule has 0 fully saturated rings. The second-order valence-corrected chi connectivity index (χ2v) is 10.4. The first-order chi connectivity index (χ1) is 15.6. The minimum Gasteiger partial charge on any atom is -0.382 e. The number of halogens is 1. The Morgan fingerprint density at radius 1 is 1.21 bits per heavy atom. The fraction of sp³-hybridized carbons (Fsp3) is 0.429. The Balaban J connectivity index is 2.26. The summed E-state index contributed by atoms with van der Waals surface area (Å²) in [6.07, 6.45) is 2.14. The number of carbonyl (C=O) groups is 1. The lowest BCUT2D eigenvalue weighted by molar-refractivity contribution is 0.210. The number of nitrogens with one attached hydrogen (secondary N) is 1. The van der Waals surface area contributed by atoms with Gasteiger partial charge in [0, 0.05) is 24.4 Å². The minimum absolute atomic E-state index is 0.0396. The molecule has 0 bridgehead atoms. The average Bonchev–Trinajstić information content (AvgIpc) is 3.05. The summed E-state index contributed by atoms with van der Waals surface area (Å²) in [4.78, 5) is 36.4. The predicted molar refractivity (Wildman–Crippen MR) is 129 cm³/mol. The van der Waals surface area contributed by atoms with Gasteiger partial charge in [-0.25, -0.2) is 28.1 Å². The van der Waals surface area contributed by atoms with Crippen LogP contribution in [0.2, 0.25) is 5.02 Å². The van der Waals surface area contributed by atoms with Crippen LogP contribution in [0.1, 0.15) is 38.7 Å². The zero-order valence-electron chi connectivity index (χ0n) is 18.9. The van der Waals surface area contributed by atoms with Gasteiger partial charge in [0.25, 0.3) is 0 Å². The molecule has 0 aliphatic heterocycles. The zero-order valence-corrected chi connectivity index (χ0v) is 20.4. The van der Waals surface area contributed by atoms with Crippen LogP contribution in [0.3, 0.4) is 0 Å². The van der Waals surface area contributed by atoms with Gasteiger partial charge in [0.15, 0.2) is 11.5 Å². The van der Waals surface area contributed by atoms with E-state index in [0.29, 0.717) is 18.0 Å². The van der Waals surface area contributed by atoms with Gasteiger partial charge in [0.2, 0.25) is 5.16 Å². The molecule has 2 aromatic heterocycles. The van der Waals surface area contributed by atoms with Crippen molar-refractivity contribution in [2.24, 2.45) is 0 Å². The highest BCUT2D eigenvalue weighted by Crippen LogP contribution is 2.22. The zero-order chi connectivity index (χ0) is 24.3. The Bertz CT molecular complexity index is 1330. The molecule has 10 nitrogen and oxygen atoms in total. The van der Waals surface area contributed by atoms with Gasteiger partial charge in [-0.3, -0.25) is 4.57 Å². The van der Waals surface area contributed by atoms with E-state index in [0.717, 1.165) is 23.0 Å². The van der Waals surface area contributed by atoms with Crippen LogP contribution in [0, 0.1) is 4.78 Å². The number of fused-ring (bicyclic) bond motifs is 1. The summed E-state index contributed by atoms with van der Waals surface area (Å²) in [5, 5.41) is 0.298. The first-order valence-corrected chi connectivity index (χ1v) is 12.8. The van der Waals surface area contributed by atoms with Crippen molar-refractivity contribution in [2.45, 2.75) is 44.8 Å². The molecular weight excluding hydrogens is 466 g/mol. The van der Waals surface area contributed by atoms with Crippen LogP contribution in [0.15, 0.2) is 34.2 Å². The van der Waals surface area contributed by atoms with E-state index in [1.54, 1.807) is 38.2 Å². The van der Waals surface area contributed by atoms with Crippen molar-refractivity contribution in [1.82, 2.24) is 24.0 Å². The molecule has 0 saturated carbocycles. The number of aromatic nitrogens is 4. The van der Waals surface area contributed by atoms with E-state index in [1.807, 2.05) is 6.92 Å². The molecule has 0 aliphatic carbocycles. The molecule has 0 aliphatic rings. The Morgan fingerprint density at radius 2 is 1.88 bits per heavy atom. The fourth-order valence-corrected chi connectivity index (χ4v) is 4.79. The maximum Gasteiger partial charge on any atom is 0.339 e. The van der Waals surface area contributed by atoms with Crippen molar-refractivity contribution < 1.29 is 9.00 Å². The number of nitrogens with zero attached hydrogens (tertiary/aromatic N) is 5. The molecule has 1 amide bonds. The molecule has 3 aromatic rings. The predicted octanol–water partition coefficient (Wildman–Crippen LogP) is 3.39. The second kappa shape index (κ2) is 9.92. The normalized spacial score (nSPS) is 13.2. The van der Waals surface area contributed by atoms with Crippen molar-refractivity contribution in [3.05, 3.63) is 45.3 Å². The van der Waals surface area contributed by atoms with Crippen LogP contribution >= 0.6 is 11.6 Å². The van der Waals surface area contributed by atoms with E-state index in [-0.39, 0.29) is 34.4 Å². The monoisotopic (exact) mass is 493 g/mol. The van der Waals surface area contributed by atoms with E-state index < -0.39 is 21.4 Å². The van der Waals surface area contributed by atoms with Crippen LogP contribution in [-0.2, 0) is 16.3 Å². The fourth-order valence-electron chi connectivity index (χ4n) is 3.43. The number of imidazole rings is 1. The van der Waals surface area contributed by atoms with Gasteiger partial charge in [-0.1, -0.05) is 44.0 Å². The molecule has 1 aromatic carbocycles. The number of unbranched alkanes of at least 4 members (excludes halogenated alkanes) is 1. The molecule has 0 saturated heterocycles. The van der Waals surface area contributed by atoms with Gasteiger partial charge >= 0.3 is 11.7 Å². The van der Waals surface area contributed by atoms with E-state index in [4.69, 9.17) is 22.1 Å². The number of anilines is 1.